The molecule has 0 radical (unpaired) electrons. The lowest BCUT2D eigenvalue weighted by atomic mass is 9.73. The van der Waals surface area contributed by atoms with Crippen LogP contribution in [0.2, 0.25) is 0 Å². The van der Waals surface area contributed by atoms with Gasteiger partial charge in [0.15, 0.2) is 0 Å². The minimum Gasteiger partial charge on any atom is -0.481 e. The Morgan fingerprint density at radius 3 is 2.72 bits per heavy atom. The third kappa shape index (κ3) is 2.64. The molecular weight excluding hydrogens is 234 g/mol. The molecule has 2 N–H and O–H groups in total. The number of nitrogens with one attached hydrogen (secondary N) is 1. The van der Waals surface area contributed by atoms with Crippen molar-refractivity contribution in [3.05, 3.63) is 23.8 Å². The van der Waals surface area contributed by atoms with Crippen LogP contribution < -0.4 is 5.32 Å². The first-order valence-electron chi connectivity index (χ1n) is 5.87. The maximum absolute atomic E-state index is 11.8. The molecule has 1 heterocycles. The van der Waals surface area contributed by atoms with E-state index >= 15 is 0 Å². The average Bonchev–Trinajstić information content (AvgIpc) is 2.24. The van der Waals surface area contributed by atoms with Crippen LogP contribution in [0, 0.1) is 18.8 Å². The van der Waals surface area contributed by atoms with Gasteiger partial charge in [-0.15, -0.1) is 0 Å². The van der Waals surface area contributed by atoms with Gasteiger partial charge in [0.25, 0.3) is 0 Å². The summed E-state index contributed by atoms with van der Waals surface area (Å²) in [5.41, 5.74) is 0.724. The maximum atomic E-state index is 11.8. The molecule has 2 atom stereocenters. The van der Waals surface area contributed by atoms with Crippen LogP contribution in [0.5, 0.6) is 0 Å². The standard InChI is InChI=1S/C12H15N3O3/c1-7-13-5-4-8(15-7)6-14-11(16)9-2-3-10(9)12(17)18/h4-5,9-10H,2-3,6H2,1H3,(H,14,16)(H,17,18). The lowest BCUT2D eigenvalue weighted by molar-refractivity contribution is -0.152. The predicted molar refractivity (Wildman–Crippen MR) is 62.5 cm³/mol. The summed E-state index contributed by atoms with van der Waals surface area (Å²) in [4.78, 5) is 30.7. The lowest BCUT2D eigenvalue weighted by Crippen LogP contribution is -2.43. The van der Waals surface area contributed by atoms with Gasteiger partial charge >= 0.3 is 5.97 Å². The van der Waals surface area contributed by atoms with Crippen molar-refractivity contribution in [2.45, 2.75) is 26.3 Å². The SMILES string of the molecule is Cc1nccc(CNC(=O)C2CCC2C(=O)O)n1. The van der Waals surface area contributed by atoms with E-state index in [0.29, 0.717) is 25.2 Å². The Morgan fingerprint density at radius 1 is 1.44 bits per heavy atom. The zero-order chi connectivity index (χ0) is 13.1. The Hall–Kier alpha value is -1.98. The molecule has 2 unspecified atom stereocenters. The minimum atomic E-state index is -0.890. The summed E-state index contributed by atoms with van der Waals surface area (Å²) in [7, 11) is 0. The van der Waals surface area contributed by atoms with Gasteiger partial charge in [-0.2, -0.15) is 0 Å². The van der Waals surface area contributed by atoms with Gasteiger partial charge in [0.1, 0.15) is 5.82 Å². The second-order valence-electron chi connectivity index (χ2n) is 4.44. The summed E-state index contributed by atoms with van der Waals surface area (Å²) in [6, 6.07) is 1.72. The maximum Gasteiger partial charge on any atom is 0.307 e. The number of aryl methyl sites for hydroxylation is 1. The van der Waals surface area contributed by atoms with Crippen molar-refractivity contribution in [3.8, 4) is 0 Å². The highest BCUT2D eigenvalue weighted by molar-refractivity contribution is 5.86. The van der Waals surface area contributed by atoms with E-state index in [9.17, 15) is 9.59 Å². The van der Waals surface area contributed by atoms with Crippen LogP contribution in [0.3, 0.4) is 0 Å². The number of carboxylic acids is 1. The zero-order valence-electron chi connectivity index (χ0n) is 10.1. The number of aromatic nitrogens is 2. The number of hydrogen-bond acceptors (Lipinski definition) is 4. The van der Waals surface area contributed by atoms with Crippen molar-refractivity contribution < 1.29 is 14.7 Å². The van der Waals surface area contributed by atoms with E-state index < -0.39 is 17.8 Å². The van der Waals surface area contributed by atoms with E-state index in [2.05, 4.69) is 15.3 Å². The van der Waals surface area contributed by atoms with Gasteiger partial charge in [0, 0.05) is 6.20 Å². The molecule has 6 nitrogen and oxygen atoms in total. The van der Waals surface area contributed by atoms with Gasteiger partial charge in [-0.1, -0.05) is 0 Å². The number of aliphatic carboxylic acids is 1. The first-order valence-corrected chi connectivity index (χ1v) is 5.87. The molecule has 0 spiro atoms. The lowest BCUT2D eigenvalue weighted by Gasteiger charge is -2.31. The van der Waals surface area contributed by atoms with E-state index in [1.807, 2.05) is 0 Å². The van der Waals surface area contributed by atoms with Gasteiger partial charge in [0.05, 0.1) is 24.1 Å². The van der Waals surface area contributed by atoms with Crippen molar-refractivity contribution in [1.82, 2.24) is 15.3 Å². The van der Waals surface area contributed by atoms with Crippen molar-refractivity contribution in [1.29, 1.82) is 0 Å². The molecule has 1 amide bonds. The second kappa shape index (κ2) is 5.12. The van der Waals surface area contributed by atoms with Crippen LogP contribution in [0.4, 0.5) is 0 Å². The van der Waals surface area contributed by atoms with E-state index in [4.69, 9.17) is 5.11 Å². The zero-order valence-corrected chi connectivity index (χ0v) is 10.1. The number of hydrogen-bond donors (Lipinski definition) is 2. The fraction of sp³-hybridized carbons (Fsp3) is 0.500. The molecule has 18 heavy (non-hydrogen) atoms. The molecule has 1 aliphatic rings. The molecule has 1 aromatic heterocycles. The predicted octanol–water partition coefficient (Wildman–Crippen LogP) is 0.512. The summed E-state index contributed by atoms with van der Waals surface area (Å²) in [6.45, 7) is 2.09. The Kier molecular flexibility index (Phi) is 3.55. The molecule has 0 saturated heterocycles. The summed E-state index contributed by atoms with van der Waals surface area (Å²) >= 11 is 0. The Balaban J connectivity index is 1.87. The van der Waals surface area contributed by atoms with E-state index in [0.717, 1.165) is 5.69 Å². The molecule has 0 aromatic carbocycles. The topological polar surface area (TPSA) is 92.2 Å². The molecule has 0 aliphatic heterocycles. The van der Waals surface area contributed by atoms with Gasteiger partial charge in [0.2, 0.25) is 5.91 Å². The van der Waals surface area contributed by atoms with Gasteiger partial charge in [-0.05, 0) is 25.8 Å². The third-order valence-corrected chi connectivity index (χ3v) is 3.21. The van der Waals surface area contributed by atoms with E-state index in [1.165, 1.54) is 0 Å². The normalized spacial score (nSPS) is 22.1. The van der Waals surface area contributed by atoms with Gasteiger partial charge in [-0.3, -0.25) is 9.59 Å². The van der Waals surface area contributed by atoms with Crippen molar-refractivity contribution in [3.63, 3.8) is 0 Å². The smallest absolute Gasteiger partial charge is 0.307 e. The van der Waals surface area contributed by atoms with Crippen molar-refractivity contribution in [2.75, 3.05) is 0 Å². The molecule has 0 bridgehead atoms. The van der Waals surface area contributed by atoms with Crippen LogP contribution >= 0.6 is 0 Å². The van der Waals surface area contributed by atoms with E-state index in [1.54, 1.807) is 19.2 Å². The highest BCUT2D eigenvalue weighted by Gasteiger charge is 2.41. The molecule has 6 heteroatoms. The number of amides is 1. The van der Waals surface area contributed by atoms with Crippen LogP contribution in [-0.4, -0.2) is 27.0 Å². The Morgan fingerprint density at radius 2 is 2.17 bits per heavy atom. The summed E-state index contributed by atoms with van der Waals surface area (Å²) < 4.78 is 0. The number of carbonyl (C=O) groups excluding carboxylic acids is 1. The van der Waals surface area contributed by atoms with Crippen LogP contribution in [-0.2, 0) is 16.1 Å². The highest BCUT2D eigenvalue weighted by atomic mass is 16.4. The Bertz CT molecular complexity index is 475. The summed E-state index contributed by atoms with van der Waals surface area (Å²) in [5, 5.41) is 11.6. The van der Waals surface area contributed by atoms with Crippen molar-refractivity contribution >= 4 is 11.9 Å². The first kappa shape index (κ1) is 12.5. The number of rotatable bonds is 4. The fourth-order valence-electron chi connectivity index (χ4n) is 2.02. The molecule has 96 valence electrons. The minimum absolute atomic E-state index is 0.204. The molecule has 1 aliphatic carbocycles. The largest absolute Gasteiger partial charge is 0.481 e. The molecule has 1 aromatic rings. The number of carboxylic acid groups (broad SMARTS) is 1. The first-order chi connectivity index (χ1) is 8.58. The quantitative estimate of drug-likeness (QED) is 0.811. The summed E-state index contributed by atoms with van der Waals surface area (Å²) in [6.07, 6.45) is 2.86. The van der Waals surface area contributed by atoms with Crippen LogP contribution in [0.15, 0.2) is 12.3 Å². The van der Waals surface area contributed by atoms with Crippen LogP contribution in [0.25, 0.3) is 0 Å². The second-order valence-corrected chi connectivity index (χ2v) is 4.44. The molecule has 2 rings (SSSR count). The molecule has 1 saturated carbocycles. The number of nitrogens with zero attached hydrogens (tertiary/aromatic N) is 2. The monoisotopic (exact) mass is 249 g/mol. The highest BCUT2D eigenvalue weighted by Crippen LogP contribution is 2.34. The van der Waals surface area contributed by atoms with Crippen LogP contribution in [0.1, 0.15) is 24.4 Å². The molecular formula is C12H15N3O3. The fourth-order valence-corrected chi connectivity index (χ4v) is 2.02. The van der Waals surface area contributed by atoms with E-state index in [-0.39, 0.29) is 5.91 Å². The summed E-state index contributed by atoms with van der Waals surface area (Å²) in [5.74, 6) is -1.37. The third-order valence-electron chi connectivity index (χ3n) is 3.21. The van der Waals surface area contributed by atoms with Crippen molar-refractivity contribution in [2.24, 2.45) is 11.8 Å². The van der Waals surface area contributed by atoms with Gasteiger partial charge in [-0.25, -0.2) is 9.97 Å². The average molecular weight is 249 g/mol. The Labute approximate surface area is 104 Å². The number of carbonyl (C=O) groups is 2. The molecule has 1 fully saturated rings. The van der Waals surface area contributed by atoms with Gasteiger partial charge < -0.3 is 10.4 Å².